The van der Waals surface area contributed by atoms with Crippen LogP contribution in [0.5, 0.6) is 11.5 Å². The van der Waals surface area contributed by atoms with Gasteiger partial charge in [-0.15, -0.1) is 0 Å². The molecular formula is C21H35NO2. The first kappa shape index (κ1) is 19.1. The van der Waals surface area contributed by atoms with Gasteiger partial charge in [-0.05, 0) is 74.8 Å². The van der Waals surface area contributed by atoms with Crippen molar-refractivity contribution in [3.63, 3.8) is 0 Å². The first-order chi connectivity index (χ1) is 11.7. The molecule has 2 unspecified atom stereocenters. The molecule has 1 aromatic rings. The minimum absolute atomic E-state index is 0.358. The van der Waals surface area contributed by atoms with Gasteiger partial charge in [0.15, 0.2) is 11.5 Å². The van der Waals surface area contributed by atoms with E-state index in [4.69, 9.17) is 9.47 Å². The molecule has 1 aliphatic heterocycles. The average molecular weight is 334 g/mol. The molecule has 0 aromatic heterocycles. The molecule has 0 radical (unpaired) electrons. The Morgan fingerprint density at radius 1 is 1.08 bits per heavy atom. The number of hydrogen-bond acceptors (Lipinski definition) is 3. The molecule has 24 heavy (non-hydrogen) atoms. The molecule has 0 fully saturated rings. The molecule has 1 aliphatic rings. The van der Waals surface area contributed by atoms with Crippen molar-refractivity contribution in [1.82, 2.24) is 4.90 Å². The Labute approximate surface area is 148 Å². The van der Waals surface area contributed by atoms with E-state index in [1.165, 1.54) is 57.3 Å². The summed E-state index contributed by atoms with van der Waals surface area (Å²) in [6.45, 7) is 13.3. The van der Waals surface area contributed by atoms with E-state index in [1.54, 1.807) is 0 Å². The van der Waals surface area contributed by atoms with Crippen LogP contribution in [-0.2, 0) is 0 Å². The van der Waals surface area contributed by atoms with Crippen LogP contribution in [0.4, 0.5) is 0 Å². The van der Waals surface area contributed by atoms with Crippen LogP contribution in [0.15, 0.2) is 18.2 Å². The minimum atomic E-state index is 0.358. The van der Waals surface area contributed by atoms with Gasteiger partial charge in [0.1, 0.15) is 0 Å². The number of unbranched alkanes of at least 4 members (excludes halogenated alkanes) is 1. The highest BCUT2D eigenvalue weighted by Crippen LogP contribution is 2.37. The van der Waals surface area contributed by atoms with Crippen molar-refractivity contribution in [2.75, 3.05) is 26.4 Å². The lowest BCUT2D eigenvalue weighted by Crippen LogP contribution is -2.27. The fourth-order valence-corrected chi connectivity index (χ4v) is 3.52. The lowest BCUT2D eigenvalue weighted by molar-refractivity contribution is 0.174. The molecule has 3 nitrogen and oxygen atoms in total. The van der Waals surface area contributed by atoms with Crippen LogP contribution in [-0.4, -0.2) is 31.3 Å². The zero-order valence-electron chi connectivity index (χ0n) is 16.0. The molecule has 0 saturated heterocycles. The summed E-state index contributed by atoms with van der Waals surface area (Å²) in [6.07, 6.45) is 6.32. The third-order valence-electron chi connectivity index (χ3n) is 5.26. The highest BCUT2D eigenvalue weighted by molar-refractivity contribution is 5.45. The van der Waals surface area contributed by atoms with Crippen LogP contribution in [0.25, 0.3) is 0 Å². The molecule has 0 amide bonds. The van der Waals surface area contributed by atoms with Gasteiger partial charge in [-0.3, -0.25) is 0 Å². The smallest absolute Gasteiger partial charge is 0.231 e. The van der Waals surface area contributed by atoms with Crippen LogP contribution < -0.4 is 9.47 Å². The van der Waals surface area contributed by atoms with Crippen molar-refractivity contribution < 1.29 is 9.47 Å². The van der Waals surface area contributed by atoms with Gasteiger partial charge in [0.2, 0.25) is 6.79 Å². The number of benzene rings is 1. The molecule has 0 N–H and O–H groups in total. The van der Waals surface area contributed by atoms with E-state index in [1.807, 2.05) is 0 Å². The van der Waals surface area contributed by atoms with Crippen molar-refractivity contribution in [3.05, 3.63) is 23.8 Å². The molecule has 136 valence electrons. The van der Waals surface area contributed by atoms with E-state index in [0.717, 1.165) is 17.4 Å². The van der Waals surface area contributed by atoms with E-state index in [9.17, 15) is 0 Å². The summed E-state index contributed by atoms with van der Waals surface area (Å²) in [6, 6.07) is 6.46. The Morgan fingerprint density at radius 3 is 2.58 bits per heavy atom. The fourth-order valence-electron chi connectivity index (χ4n) is 3.52. The van der Waals surface area contributed by atoms with E-state index in [2.05, 4.69) is 50.8 Å². The number of hydrogen-bond donors (Lipinski definition) is 0. The van der Waals surface area contributed by atoms with E-state index >= 15 is 0 Å². The highest BCUT2D eigenvalue weighted by Gasteiger charge is 2.19. The Bertz CT molecular complexity index is 489. The summed E-state index contributed by atoms with van der Waals surface area (Å²) in [7, 11) is 0. The number of ether oxygens (including phenoxy) is 2. The maximum atomic E-state index is 5.54. The zero-order chi connectivity index (χ0) is 17.4. The topological polar surface area (TPSA) is 21.7 Å². The molecule has 1 aromatic carbocycles. The van der Waals surface area contributed by atoms with Crippen molar-refractivity contribution in [3.8, 4) is 11.5 Å². The van der Waals surface area contributed by atoms with Crippen LogP contribution >= 0.6 is 0 Å². The fraction of sp³-hybridized carbons (Fsp3) is 0.714. The third kappa shape index (κ3) is 5.41. The molecule has 0 bridgehead atoms. The van der Waals surface area contributed by atoms with E-state index < -0.39 is 0 Å². The summed E-state index contributed by atoms with van der Waals surface area (Å²) < 4.78 is 11.0. The first-order valence-electron chi connectivity index (χ1n) is 9.79. The third-order valence-corrected chi connectivity index (χ3v) is 5.26. The van der Waals surface area contributed by atoms with Crippen LogP contribution in [0.1, 0.15) is 71.3 Å². The molecule has 1 heterocycles. The van der Waals surface area contributed by atoms with Crippen molar-refractivity contribution in [2.24, 2.45) is 5.92 Å². The van der Waals surface area contributed by atoms with Gasteiger partial charge >= 0.3 is 0 Å². The Morgan fingerprint density at radius 2 is 1.88 bits per heavy atom. The standard InChI is InChI=1S/C21H35NO2/c1-5-8-12-22(7-3)13-11-17(4)14-18(6-2)19-9-10-20-21(15-19)24-16-23-20/h9-10,15,17-18H,5-8,11-14,16H2,1-4H3. The summed E-state index contributed by atoms with van der Waals surface area (Å²) in [5.41, 5.74) is 1.40. The van der Waals surface area contributed by atoms with Crippen LogP contribution in [0.3, 0.4) is 0 Å². The second-order valence-corrected chi connectivity index (χ2v) is 7.14. The normalized spacial score (nSPS) is 15.7. The first-order valence-corrected chi connectivity index (χ1v) is 9.79. The maximum absolute atomic E-state index is 5.54. The van der Waals surface area contributed by atoms with Gasteiger partial charge < -0.3 is 14.4 Å². The molecule has 0 saturated carbocycles. The van der Waals surface area contributed by atoms with Gasteiger partial charge in [0.25, 0.3) is 0 Å². The predicted molar refractivity (Wildman–Crippen MR) is 101 cm³/mol. The van der Waals surface area contributed by atoms with Gasteiger partial charge in [-0.1, -0.05) is 40.2 Å². The van der Waals surface area contributed by atoms with Crippen molar-refractivity contribution in [2.45, 2.75) is 65.7 Å². The Kier molecular flexibility index (Phi) is 7.90. The Hall–Kier alpha value is -1.22. The van der Waals surface area contributed by atoms with Gasteiger partial charge in [0.05, 0.1) is 0 Å². The Balaban J connectivity index is 1.85. The summed E-state index contributed by atoms with van der Waals surface area (Å²) in [4.78, 5) is 2.60. The highest BCUT2D eigenvalue weighted by atomic mass is 16.7. The number of fused-ring (bicyclic) bond motifs is 1. The number of nitrogens with zero attached hydrogens (tertiary/aromatic N) is 1. The SMILES string of the molecule is CCCCN(CC)CCC(C)CC(CC)c1ccc2c(c1)OCO2. The second-order valence-electron chi connectivity index (χ2n) is 7.14. The van der Waals surface area contributed by atoms with Crippen LogP contribution in [0, 0.1) is 5.92 Å². The van der Waals surface area contributed by atoms with E-state index in [0.29, 0.717) is 12.7 Å². The predicted octanol–water partition coefficient (Wildman–Crippen LogP) is 5.45. The maximum Gasteiger partial charge on any atom is 0.231 e. The molecule has 2 rings (SSSR count). The van der Waals surface area contributed by atoms with Crippen molar-refractivity contribution >= 4 is 0 Å². The summed E-state index contributed by atoms with van der Waals surface area (Å²) in [5, 5.41) is 0. The van der Waals surface area contributed by atoms with Gasteiger partial charge in [-0.2, -0.15) is 0 Å². The molecule has 0 aliphatic carbocycles. The zero-order valence-corrected chi connectivity index (χ0v) is 16.0. The molecule has 3 heteroatoms. The average Bonchev–Trinajstić information content (AvgIpc) is 3.07. The van der Waals surface area contributed by atoms with Gasteiger partial charge in [0, 0.05) is 0 Å². The largest absolute Gasteiger partial charge is 0.454 e. The summed E-state index contributed by atoms with van der Waals surface area (Å²) in [5.74, 6) is 3.16. The quantitative estimate of drug-likeness (QED) is 0.537. The van der Waals surface area contributed by atoms with Crippen LogP contribution in [0.2, 0.25) is 0 Å². The lowest BCUT2D eigenvalue weighted by atomic mass is 9.86. The number of rotatable bonds is 11. The molecule has 0 spiro atoms. The summed E-state index contributed by atoms with van der Waals surface area (Å²) >= 11 is 0. The molecular weight excluding hydrogens is 298 g/mol. The molecule has 2 atom stereocenters. The lowest BCUT2D eigenvalue weighted by Gasteiger charge is -2.24. The second kappa shape index (κ2) is 9.93. The van der Waals surface area contributed by atoms with E-state index in [-0.39, 0.29) is 0 Å². The van der Waals surface area contributed by atoms with Crippen molar-refractivity contribution in [1.29, 1.82) is 0 Å². The van der Waals surface area contributed by atoms with Gasteiger partial charge in [-0.25, -0.2) is 0 Å². The minimum Gasteiger partial charge on any atom is -0.454 e. The monoisotopic (exact) mass is 333 g/mol.